The monoisotopic (exact) mass is 358 g/mol. The summed E-state index contributed by atoms with van der Waals surface area (Å²) in [5.41, 5.74) is 0.887. The Labute approximate surface area is 129 Å². The molecule has 0 spiro atoms. The fourth-order valence-electron chi connectivity index (χ4n) is 1.83. The Morgan fingerprint density at radius 2 is 2.10 bits per heavy atom. The molecule has 0 bridgehead atoms. The first kappa shape index (κ1) is 15.1. The summed E-state index contributed by atoms with van der Waals surface area (Å²) in [6.45, 7) is 3.96. The minimum absolute atomic E-state index is 0.144. The molecule has 0 saturated heterocycles. The smallest absolute Gasteiger partial charge is 0.272 e. The molecule has 1 amide bonds. The highest BCUT2D eigenvalue weighted by Crippen LogP contribution is 2.25. The number of hydrogen-bond donors (Lipinski definition) is 1. The third-order valence-electron chi connectivity index (χ3n) is 2.78. The molecule has 6 heteroatoms. The van der Waals surface area contributed by atoms with Gasteiger partial charge in [-0.25, -0.2) is 4.39 Å². The van der Waals surface area contributed by atoms with E-state index in [9.17, 15) is 9.18 Å². The van der Waals surface area contributed by atoms with Crippen LogP contribution < -0.4 is 5.32 Å². The molecular weight excluding hydrogens is 347 g/mol. The molecule has 1 heterocycles. The molecule has 2 rings (SSSR count). The van der Waals surface area contributed by atoms with Crippen molar-refractivity contribution in [3.63, 3.8) is 0 Å². The molecule has 0 unspecified atom stereocenters. The Bertz CT molecular complexity index is 655. The fourth-order valence-corrected chi connectivity index (χ4v) is 2.48. The number of nitrogens with zero attached hydrogens (tertiary/aromatic N) is 1. The van der Waals surface area contributed by atoms with Crippen molar-refractivity contribution >= 4 is 39.1 Å². The van der Waals surface area contributed by atoms with Gasteiger partial charge in [0.1, 0.15) is 11.5 Å². The fraction of sp³-hybridized carbons (Fsp3) is 0.214. The Kier molecular flexibility index (Phi) is 4.50. The van der Waals surface area contributed by atoms with Gasteiger partial charge >= 0.3 is 0 Å². The second-order valence-electron chi connectivity index (χ2n) is 4.62. The van der Waals surface area contributed by atoms with E-state index in [0.29, 0.717) is 11.4 Å². The summed E-state index contributed by atoms with van der Waals surface area (Å²) >= 11 is 9.25. The zero-order valence-corrected chi connectivity index (χ0v) is 13.3. The molecule has 0 fully saturated rings. The Morgan fingerprint density at radius 1 is 1.40 bits per heavy atom. The van der Waals surface area contributed by atoms with Gasteiger partial charge in [0, 0.05) is 16.7 Å². The largest absolute Gasteiger partial charge is 0.340 e. The van der Waals surface area contributed by atoms with E-state index in [4.69, 9.17) is 11.6 Å². The summed E-state index contributed by atoms with van der Waals surface area (Å²) in [6, 6.07) is 5.72. The zero-order valence-electron chi connectivity index (χ0n) is 11.0. The minimum Gasteiger partial charge on any atom is -0.340 e. The lowest BCUT2D eigenvalue weighted by molar-refractivity contribution is 0.101. The molecular formula is C14H13BrClFN2O. The van der Waals surface area contributed by atoms with E-state index in [2.05, 4.69) is 21.2 Å². The summed E-state index contributed by atoms with van der Waals surface area (Å²) < 4.78 is 15.6. The number of halogens is 3. The Balaban J connectivity index is 2.28. The van der Waals surface area contributed by atoms with Gasteiger partial charge < -0.3 is 9.88 Å². The van der Waals surface area contributed by atoms with Gasteiger partial charge in [0.15, 0.2) is 0 Å². The molecule has 0 aliphatic heterocycles. The van der Waals surface area contributed by atoms with E-state index in [1.165, 1.54) is 12.1 Å². The van der Waals surface area contributed by atoms with E-state index < -0.39 is 5.82 Å². The quantitative estimate of drug-likeness (QED) is 0.833. The van der Waals surface area contributed by atoms with Gasteiger partial charge in [-0.3, -0.25) is 4.79 Å². The van der Waals surface area contributed by atoms with Crippen molar-refractivity contribution in [1.29, 1.82) is 0 Å². The molecule has 1 N–H and O–H groups in total. The van der Waals surface area contributed by atoms with Gasteiger partial charge in [-0.15, -0.1) is 0 Å². The van der Waals surface area contributed by atoms with Crippen LogP contribution in [0, 0.1) is 5.82 Å². The lowest BCUT2D eigenvalue weighted by Crippen LogP contribution is -2.18. The van der Waals surface area contributed by atoms with Crippen LogP contribution >= 0.6 is 27.5 Å². The van der Waals surface area contributed by atoms with Crippen LogP contribution in [0.15, 0.2) is 34.9 Å². The normalized spacial score (nSPS) is 10.9. The minimum atomic E-state index is -0.443. The topological polar surface area (TPSA) is 34.0 Å². The summed E-state index contributed by atoms with van der Waals surface area (Å²) in [4.78, 5) is 12.3. The molecule has 20 heavy (non-hydrogen) atoms. The Morgan fingerprint density at radius 3 is 2.70 bits per heavy atom. The molecule has 0 aliphatic rings. The number of anilines is 1. The predicted octanol–water partition coefficient (Wildman–Crippen LogP) is 4.88. The number of rotatable bonds is 3. The molecule has 0 aliphatic carbocycles. The first-order valence-electron chi connectivity index (χ1n) is 6.02. The van der Waals surface area contributed by atoms with Crippen molar-refractivity contribution in [2.24, 2.45) is 0 Å². The SMILES string of the molecule is CC(C)n1cc(Br)cc1C(=O)Nc1ccc(F)cc1Cl. The summed E-state index contributed by atoms with van der Waals surface area (Å²) in [5.74, 6) is -0.737. The first-order chi connectivity index (χ1) is 9.38. The Hall–Kier alpha value is -1.33. The van der Waals surface area contributed by atoms with E-state index in [1.807, 2.05) is 24.6 Å². The summed E-state index contributed by atoms with van der Waals surface area (Å²) in [6.07, 6.45) is 1.84. The van der Waals surface area contributed by atoms with Gasteiger partial charge in [0.05, 0.1) is 10.7 Å². The molecule has 0 saturated carbocycles. The van der Waals surface area contributed by atoms with Crippen molar-refractivity contribution in [2.45, 2.75) is 19.9 Å². The van der Waals surface area contributed by atoms with Crippen LogP contribution in [0.5, 0.6) is 0 Å². The van der Waals surface area contributed by atoms with Crippen LogP contribution in [0.1, 0.15) is 30.4 Å². The number of nitrogens with one attached hydrogen (secondary N) is 1. The third kappa shape index (κ3) is 3.22. The van der Waals surface area contributed by atoms with Crippen molar-refractivity contribution in [1.82, 2.24) is 4.57 Å². The first-order valence-corrected chi connectivity index (χ1v) is 7.19. The van der Waals surface area contributed by atoms with Gasteiger partial charge in [-0.05, 0) is 54.0 Å². The number of carbonyl (C=O) groups is 1. The molecule has 3 nitrogen and oxygen atoms in total. The van der Waals surface area contributed by atoms with E-state index in [0.717, 1.165) is 10.5 Å². The summed E-state index contributed by atoms with van der Waals surface area (Å²) in [7, 11) is 0. The van der Waals surface area contributed by atoms with E-state index in [1.54, 1.807) is 6.07 Å². The highest BCUT2D eigenvalue weighted by molar-refractivity contribution is 9.10. The molecule has 2 aromatic rings. The van der Waals surface area contributed by atoms with Gasteiger partial charge in [-0.1, -0.05) is 11.6 Å². The molecule has 0 atom stereocenters. The van der Waals surface area contributed by atoms with E-state index >= 15 is 0 Å². The van der Waals surface area contributed by atoms with Gasteiger partial charge in [0.25, 0.3) is 5.91 Å². The lowest BCUT2D eigenvalue weighted by Gasteiger charge is -2.13. The maximum absolute atomic E-state index is 13.0. The van der Waals surface area contributed by atoms with Crippen LogP contribution in [0.2, 0.25) is 5.02 Å². The number of hydrogen-bond acceptors (Lipinski definition) is 1. The van der Waals surface area contributed by atoms with E-state index in [-0.39, 0.29) is 17.0 Å². The van der Waals surface area contributed by atoms with Crippen molar-refractivity contribution in [3.05, 3.63) is 51.5 Å². The molecule has 1 aromatic heterocycles. The van der Waals surface area contributed by atoms with Gasteiger partial charge in [0.2, 0.25) is 0 Å². The average molecular weight is 360 g/mol. The van der Waals surface area contributed by atoms with Crippen molar-refractivity contribution in [2.75, 3.05) is 5.32 Å². The van der Waals surface area contributed by atoms with Crippen LogP contribution in [0.4, 0.5) is 10.1 Å². The molecule has 106 valence electrons. The van der Waals surface area contributed by atoms with Crippen LogP contribution in [0.25, 0.3) is 0 Å². The second-order valence-corrected chi connectivity index (χ2v) is 5.95. The van der Waals surface area contributed by atoms with Crippen LogP contribution in [0.3, 0.4) is 0 Å². The van der Waals surface area contributed by atoms with Crippen LogP contribution in [-0.2, 0) is 0 Å². The number of carbonyl (C=O) groups excluding carboxylic acids is 1. The number of amides is 1. The average Bonchev–Trinajstić information content (AvgIpc) is 2.75. The predicted molar refractivity (Wildman–Crippen MR) is 81.9 cm³/mol. The van der Waals surface area contributed by atoms with Crippen LogP contribution in [-0.4, -0.2) is 10.5 Å². The highest BCUT2D eigenvalue weighted by Gasteiger charge is 2.16. The number of aromatic nitrogens is 1. The van der Waals surface area contributed by atoms with Gasteiger partial charge in [-0.2, -0.15) is 0 Å². The third-order valence-corrected chi connectivity index (χ3v) is 3.53. The standard InChI is InChI=1S/C14H13BrClFN2O/c1-8(2)19-7-9(15)5-13(19)14(20)18-12-4-3-10(17)6-11(12)16/h3-8H,1-2H3,(H,18,20). The number of benzene rings is 1. The highest BCUT2D eigenvalue weighted by atomic mass is 79.9. The zero-order chi connectivity index (χ0) is 14.9. The maximum Gasteiger partial charge on any atom is 0.272 e. The second kappa shape index (κ2) is 5.97. The van der Waals surface area contributed by atoms with Crippen molar-refractivity contribution < 1.29 is 9.18 Å². The maximum atomic E-state index is 13.0. The summed E-state index contributed by atoms with van der Waals surface area (Å²) in [5, 5.41) is 2.85. The van der Waals surface area contributed by atoms with Crippen molar-refractivity contribution in [3.8, 4) is 0 Å². The molecule has 1 aromatic carbocycles. The molecule has 0 radical (unpaired) electrons. The lowest BCUT2D eigenvalue weighted by atomic mass is 10.3.